The Kier molecular flexibility index (Phi) is 6.76. The highest BCUT2D eigenvalue weighted by molar-refractivity contribution is 5.84. The first kappa shape index (κ1) is 21.6. The molecule has 2 aromatic heterocycles. The number of benzene rings is 1. The van der Waals surface area contributed by atoms with Crippen LogP contribution in [0.5, 0.6) is 0 Å². The van der Waals surface area contributed by atoms with Gasteiger partial charge in [-0.05, 0) is 77.7 Å². The van der Waals surface area contributed by atoms with Gasteiger partial charge in [0, 0.05) is 17.8 Å². The summed E-state index contributed by atoms with van der Waals surface area (Å²) >= 11 is 0. The van der Waals surface area contributed by atoms with Crippen molar-refractivity contribution in [1.82, 2.24) is 24.6 Å². The predicted octanol–water partition coefficient (Wildman–Crippen LogP) is 5.47. The topological polar surface area (TPSA) is 59.2 Å². The van der Waals surface area contributed by atoms with E-state index in [2.05, 4.69) is 64.6 Å². The first-order valence-corrected chi connectivity index (χ1v) is 11.5. The molecule has 0 atom stereocenters. The molecule has 3 heterocycles. The maximum absolute atomic E-state index is 4.82. The van der Waals surface area contributed by atoms with E-state index < -0.39 is 0 Å². The van der Waals surface area contributed by atoms with Gasteiger partial charge < -0.3 is 4.90 Å². The van der Waals surface area contributed by atoms with Gasteiger partial charge in [0.2, 0.25) is 0 Å². The second kappa shape index (κ2) is 9.69. The summed E-state index contributed by atoms with van der Waals surface area (Å²) in [5.74, 6) is 0.651. The van der Waals surface area contributed by atoms with Crippen molar-refractivity contribution in [1.29, 1.82) is 0 Å². The highest BCUT2D eigenvalue weighted by Crippen LogP contribution is 2.39. The molecule has 2 fully saturated rings. The summed E-state index contributed by atoms with van der Waals surface area (Å²) < 4.78 is 2.11. The number of aryl methyl sites for hydroxylation is 1. The summed E-state index contributed by atoms with van der Waals surface area (Å²) in [6.45, 7) is 8.55. The highest BCUT2D eigenvalue weighted by Gasteiger charge is 2.27. The maximum Gasteiger partial charge on any atom is 0.177 e. The van der Waals surface area contributed by atoms with Crippen LogP contribution in [0.1, 0.15) is 69.2 Å². The fourth-order valence-corrected chi connectivity index (χ4v) is 3.89. The van der Waals surface area contributed by atoms with Gasteiger partial charge in [-0.3, -0.25) is 4.99 Å². The van der Waals surface area contributed by atoms with Gasteiger partial charge in [0.05, 0.1) is 23.6 Å². The fraction of sp³-hybridized carbons (Fsp3) is 0.520. The van der Waals surface area contributed by atoms with E-state index in [1.807, 2.05) is 24.5 Å². The third-order valence-corrected chi connectivity index (χ3v) is 6.29. The molecule has 31 heavy (non-hydrogen) atoms. The standard InChI is InChI=1S/C14H19N5.C11H15N/c1-18-6-4-11(5-7-18)19-14-13(9-16-19)15-8-12(17-14)10-2-3-10;1-4-10(3)12-11-8-6-5-7-9(11)2/h8-11H,2-7H2,1H3;5-8H,4H2,1-3H3. The molecule has 0 unspecified atom stereocenters. The average molecular weight is 419 g/mol. The molecule has 1 aliphatic carbocycles. The molecule has 3 aromatic rings. The van der Waals surface area contributed by atoms with Gasteiger partial charge in [0.15, 0.2) is 5.65 Å². The van der Waals surface area contributed by atoms with E-state index in [0.29, 0.717) is 12.0 Å². The van der Waals surface area contributed by atoms with E-state index in [0.717, 1.165) is 54.9 Å². The van der Waals surface area contributed by atoms with Crippen LogP contribution in [0.3, 0.4) is 0 Å². The van der Waals surface area contributed by atoms with Gasteiger partial charge >= 0.3 is 0 Å². The van der Waals surface area contributed by atoms with Crippen molar-refractivity contribution in [3.8, 4) is 0 Å². The minimum Gasteiger partial charge on any atom is -0.306 e. The number of para-hydroxylation sites is 1. The fourth-order valence-electron chi connectivity index (χ4n) is 3.89. The number of nitrogens with zero attached hydrogens (tertiary/aromatic N) is 6. The van der Waals surface area contributed by atoms with Gasteiger partial charge in [-0.15, -0.1) is 0 Å². The lowest BCUT2D eigenvalue weighted by Gasteiger charge is -2.29. The minimum absolute atomic E-state index is 0.484. The SMILES string of the molecule is CCC(C)=Nc1ccccc1C.CN1CCC(n2ncc3ncc(C4CC4)nc32)CC1. The number of likely N-dealkylation sites (tertiary alicyclic amines) is 1. The number of piperidine rings is 1. The summed E-state index contributed by atoms with van der Waals surface area (Å²) in [6, 6.07) is 8.68. The van der Waals surface area contributed by atoms with E-state index in [4.69, 9.17) is 4.98 Å². The Labute approximate surface area is 185 Å². The van der Waals surface area contributed by atoms with Crippen LogP contribution in [0.4, 0.5) is 5.69 Å². The molecule has 164 valence electrons. The molecular formula is C25H34N6. The van der Waals surface area contributed by atoms with Crippen molar-refractivity contribution in [2.24, 2.45) is 4.99 Å². The molecule has 6 nitrogen and oxygen atoms in total. The molecule has 0 N–H and O–H groups in total. The molecule has 1 aromatic carbocycles. The first-order valence-electron chi connectivity index (χ1n) is 11.5. The molecular weight excluding hydrogens is 384 g/mol. The van der Waals surface area contributed by atoms with E-state index in [1.165, 1.54) is 24.1 Å². The molecule has 0 bridgehead atoms. The van der Waals surface area contributed by atoms with Crippen molar-refractivity contribution in [2.45, 2.75) is 64.8 Å². The van der Waals surface area contributed by atoms with Crippen molar-refractivity contribution >= 4 is 22.6 Å². The quantitative estimate of drug-likeness (QED) is 0.527. The van der Waals surface area contributed by atoms with E-state index >= 15 is 0 Å². The van der Waals surface area contributed by atoms with Crippen LogP contribution in [0.15, 0.2) is 41.7 Å². The normalized spacial score (nSPS) is 18.1. The molecule has 6 heteroatoms. The third-order valence-electron chi connectivity index (χ3n) is 6.29. The number of hydrogen-bond donors (Lipinski definition) is 0. The van der Waals surface area contributed by atoms with Gasteiger partial charge in [-0.2, -0.15) is 5.10 Å². The van der Waals surface area contributed by atoms with E-state index in [1.54, 1.807) is 0 Å². The summed E-state index contributed by atoms with van der Waals surface area (Å²) in [5, 5.41) is 4.54. The molecule has 0 spiro atoms. The Bertz CT molecular complexity index is 1040. The lowest BCUT2D eigenvalue weighted by atomic mass is 10.1. The number of aliphatic imine (C=N–C) groups is 1. The third kappa shape index (κ3) is 5.37. The molecule has 1 saturated carbocycles. The lowest BCUT2D eigenvalue weighted by Crippen LogP contribution is -2.31. The first-order chi connectivity index (χ1) is 15.0. The lowest BCUT2D eigenvalue weighted by molar-refractivity contribution is 0.215. The Morgan fingerprint density at radius 3 is 2.52 bits per heavy atom. The van der Waals surface area contributed by atoms with E-state index in [9.17, 15) is 0 Å². The van der Waals surface area contributed by atoms with Crippen LogP contribution in [0.25, 0.3) is 11.2 Å². The molecule has 1 aliphatic heterocycles. The van der Waals surface area contributed by atoms with Crippen molar-refractivity contribution < 1.29 is 0 Å². The summed E-state index contributed by atoms with van der Waals surface area (Å²) in [6.07, 6.45) is 9.66. The van der Waals surface area contributed by atoms with E-state index in [-0.39, 0.29) is 0 Å². The molecule has 1 saturated heterocycles. The zero-order valence-electron chi connectivity index (χ0n) is 19.3. The van der Waals surface area contributed by atoms with Crippen molar-refractivity contribution in [2.75, 3.05) is 20.1 Å². The largest absolute Gasteiger partial charge is 0.306 e. The molecule has 5 rings (SSSR count). The van der Waals surface area contributed by atoms with Gasteiger partial charge in [-0.1, -0.05) is 25.1 Å². The molecule has 0 amide bonds. The van der Waals surface area contributed by atoms with Crippen LogP contribution in [0, 0.1) is 6.92 Å². The Morgan fingerprint density at radius 1 is 1.10 bits per heavy atom. The summed E-state index contributed by atoms with van der Waals surface area (Å²) in [4.78, 5) is 16.2. The predicted molar refractivity (Wildman–Crippen MR) is 127 cm³/mol. The number of rotatable bonds is 4. The monoisotopic (exact) mass is 418 g/mol. The maximum atomic E-state index is 4.82. The van der Waals surface area contributed by atoms with Crippen LogP contribution < -0.4 is 0 Å². The van der Waals surface area contributed by atoms with Crippen molar-refractivity contribution in [3.05, 3.63) is 47.9 Å². The molecule has 2 aliphatic rings. The summed E-state index contributed by atoms with van der Waals surface area (Å²) in [7, 11) is 2.18. The zero-order valence-corrected chi connectivity index (χ0v) is 19.3. The minimum atomic E-state index is 0.484. The Balaban J connectivity index is 0.000000168. The van der Waals surface area contributed by atoms with Crippen LogP contribution in [-0.4, -0.2) is 50.5 Å². The smallest absolute Gasteiger partial charge is 0.177 e. The van der Waals surface area contributed by atoms with Crippen LogP contribution in [0.2, 0.25) is 0 Å². The average Bonchev–Trinajstić information content (AvgIpc) is 3.56. The van der Waals surface area contributed by atoms with Crippen LogP contribution >= 0.6 is 0 Å². The Morgan fingerprint density at radius 2 is 1.84 bits per heavy atom. The van der Waals surface area contributed by atoms with Gasteiger partial charge in [0.1, 0.15) is 5.52 Å². The molecule has 0 radical (unpaired) electrons. The number of hydrogen-bond acceptors (Lipinski definition) is 5. The number of fused-ring (bicyclic) bond motifs is 1. The second-order valence-corrected chi connectivity index (χ2v) is 8.89. The van der Waals surface area contributed by atoms with Crippen LogP contribution in [-0.2, 0) is 0 Å². The van der Waals surface area contributed by atoms with Gasteiger partial charge in [-0.25, -0.2) is 14.6 Å². The zero-order chi connectivity index (χ0) is 21.8. The number of aromatic nitrogens is 4. The van der Waals surface area contributed by atoms with Gasteiger partial charge in [0.25, 0.3) is 0 Å². The van der Waals surface area contributed by atoms with Crippen molar-refractivity contribution in [3.63, 3.8) is 0 Å². The highest BCUT2D eigenvalue weighted by atomic mass is 15.3. The second-order valence-electron chi connectivity index (χ2n) is 8.89. The Hall–Kier alpha value is -2.60. The summed E-state index contributed by atoms with van der Waals surface area (Å²) in [5.41, 5.74) is 6.59.